The highest BCUT2D eigenvalue weighted by molar-refractivity contribution is 7.99. The number of nitrogens with zero attached hydrogens (tertiary/aromatic N) is 2. The molecule has 0 radical (unpaired) electrons. The van der Waals surface area contributed by atoms with E-state index in [0.29, 0.717) is 23.6 Å². The Kier molecular flexibility index (Phi) is 4.82. The van der Waals surface area contributed by atoms with Crippen molar-refractivity contribution in [3.8, 4) is 0 Å². The summed E-state index contributed by atoms with van der Waals surface area (Å²) in [6.07, 6.45) is 3.33. The van der Waals surface area contributed by atoms with Gasteiger partial charge in [-0.2, -0.15) is 4.98 Å². The summed E-state index contributed by atoms with van der Waals surface area (Å²) in [7, 11) is 0. The van der Waals surface area contributed by atoms with E-state index in [1.807, 2.05) is 11.8 Å². The number of nitrogens with two attached hydrogens (primary N) is 1. The third kappa shape index (κ3) is 3.43. The Balaban J connectivity index is 1.88. The van der Waals surface area contributed by atoms with Crippen LogP contribution >= 0.6 is 11.8 Å². The van der Waals surface area contributed by atoms with Gasteiger partial charge in [-0.25, -0.2) is 0 Å². The van der Waals surface area contributed by atoms with E-state index in [0.717, 1.165) is 19.4 Å². The van der Waals surface area contributed by atoms with Crippen molar-refractivity contribution in [1.29, 1.82) is 0 Å². The van der Waals surface area contributed by atoms with Crippen LogP contribution in [0.1, 0.15) is 49.2 Å². The number of ether oxygens (including phenoxy) is 1. The SMILES string of the molecule is CCCOCC(N)c1noc(C2CCCS2)n1. The predicted octanol–water partition coefficient (Wildman–Crippen LogP) is 2.06. The van der Waals surface area contributed by atoms with Crippen LogP contribution in [0.3, 0.4) is 0 Å². The van der Waals surface area contributed by atoms with Crippen LogP contribution in [0.2, 0.25) is 0 Å². The number of thioether (sulfide) groups is 1. The van der Waals surface area contributed by atoms with Crippen LogP contribution in [0.25, 0.3) is 0 Å². The monoisotopic (exact) mass is 257 g/mol. The third-order valence-electron chi connectivity index (χ3n) is 2.64. The first-order valence-electron chi connectivity index (χ1n) is 6.09. The second-order valence-electron chi connectivity index (χ2n) is 4.17. The van der Waals surface area contributed by atoms with Crippen molar-refractivity contribution in [2.45, 2.75) is 37.5 Å². The summed E-state index contributed by atoms with van der Waals surface area (Å²) in [6.45, 7) is 3.23. The van der Waals surface area contributed by atoms with Crippen LogP contribution in [-0.4, -0.2) is 29.1 Å². The van der Waals surface area contributed by atoms with Crippen molar-refractivity contribution in [1.82, 2.24) is 10.1 Å². The molecule has 0 aliphatic carbocycles. The Bertz CT molecular complexity index is 339. The highest BCUT2D eigenvalue weighted by Crippen LogP contribution is 2.38. The number of aromatic nitrogens is 2. The Labute approximate surface area is 105 Å². The normalized spacial score (nSPS) is 21.9. The summed E-state index contributed by atoms with van der Waals surface area (Å²) >= 11 is 1.87. The van der Waals surface area contributed by atoms with E-state index in [1.54, 1.807) is 0 Å². The van der Waals surface area contributed by atoms with Crippen molar-refractivity contribution >= 4 is 11.8 Å². The first-order chi connectivity index (χ1) is 8.31. The second-order valence-corrected chi connectivity index (χ2v) is 5.48. The van der Waals surface area contributed by atoms with Gasteiger partial charge in [-0.05, 0) is 25.0 Å². The fourth-order valence-electron chi connectivity index (χ4n) is 1.73. The van der Waals surface area contributed by atoms with Gasteiger partial charge in [-0.15, -0.1) is 11.8 Å². The molecule has 1 aromatic rings. The fourth-order valence-corrected chi connectivity index (χ4v) is 2.92. The molecule has 0 amide bonds. The van der Waals surface area contributed by atoms with Crippen LogP contribution in [0.4, 0.5) is 0 Å². The highest BCUT2D eigenvalue weighted by Gasteiger charge is 2.24. The van der Waals surface area contributed by atoms with Gasteiger partial charge in [0, 0.05) is 6.61 Å². The molecule has 5 nitrogen and oxygen atoms in total. The fraction of sp³-hybridized carbons (Fsp3) is 0.818. The maximum absolute atomic E-state index is 5.93. The van der Waals surface area contributed by atoms with Crippen LogP contribution in [0.5, 0.6) is 0 Å². The molecule has 0 spiro atoms. The lowest BCUT2D eigenvalue weighted by molar-refractivity contribution is 0.119. The lowest BCUT2D eigenvalue weighted by Gasteiger charge is -2.06. The van der Waals surface area contributed by atoms with Crippen LogP contribution in [0, 0.1) is 0 Å². The summed E-state index contributed by atoms with van der Waals surface area (Å²) in [4.78, 5) is 4.37. The third-order valence-corrected chi connectivity index (χ3v) is 4.00. The van der Waals surface area contributed by atoms with Crippen molar-refractivity contribution < 1.29 is 9.26 Å². The Morgan fingerprint density at radius 1 is 1.65 bits per heavy atom. The molecule has 1 aliphatic heterocycles. The van der Waals surface area contributed by atoms with Gasteiger partial charge in [0.25, 0.3) is 0 Å². The van der Waals surface area contributed by atoms with E-state index in [-0.39, 0.29) is 6.04 Å². The summed E-state index contributed by atoms with van der Waals surface area (Å²) in [5.41, 5.74) is 5.93. The first-order valence-corrected chi connectivity index (χ1v) is 7.14. The van der Waals surface area contributed by atoms with Crippen molar-refractivity contribution in [3.05, 3.63) is 11.7 Å². The van der Waals surface area contributed by atoms with Crippen LogP contribution < -0.4 is 5.73 Å². The Morgan fingerprint density at radius 2 is 2.53 bits per heavy atom. The minimum Gasteiger partial charge on any atom is -0.379 e. The van der Waals surface area contributed by atoms with Gasteiger partial charge < -0.3 is 15.0 Å². The molecule has 1 aliphatic rings. The molecule has 1 aromatic heterocycles. The molecule has 0 bridgehead atoms. The molecule has 2 heterocycles. The zero-order valence-corrected chi connectivity index (χ0v) is 10.9. The van der Waals surface area contributed by atoms with Gasteiger partial charge >= 0.3 is 0 Å². The molecule has 2 N–H and O–H groups in total. The molecule has 2 atom stereocenters. The summed E-state index contributed by atoms with van der Waals surface area (Å²) in [5.74, 6) is 2.45. The molecule has 1 saturated heterocycles. The van der Waals surface area contributed by atoms with Gasteiger partial charge in [0.05, 0.1) is 17.9 Å². The molecule has 17 heavy (non-hydrogen) atoms. The molecule has 2 rings (SSSR count). The lowest BCUT2D eigenvalue weighted by Crippen LogP contribution is -2.19. The molecular formula is C11H19N3O2S. The van der Waals surface area contributed by atoms with Crippen molar-refractivity contribution in [2.75, 3.05) is 19.0 Å². The maximum atomic E-state index is 5.93. The smallest absolute Gasteiger partial charge is 0.239 e. The van der Waals surface area contributed by atoms with Gasteiger partial charge in [-0.1, -0.05) is 12.1 Å². The largest absolute Gasteiger partial charge is 0.379 e. The topological polar surface area (TPSA) is 74.2 Å². The van der Waals surface area contributed by atoms with E-state index in [4.69, 9.17) is 15.0 Å². The van der Waals surface area contributed by atoms with Crippen molar-refractivity contribution in [2.24, 2.45) is 5.73 Å². The zero-order valence-electron chi connectivity index (χ0n) is 10.1. The standard InChI is InChI=1S/C11H19N3O2S/c1-2-5-15-7-8(12)10-13-11(16-14-10)9-4-3-6-17-9/h8-9H,2-7,12H2,1H3. The van der Waals surface area contributed by atoms with E-state index in [1.165, 1.54) is 12.2 Å². The van der Waals surface area contributed by atoms with Crippen molar-refractivity contribution in [3.63, 3.8) is 0 Å². The van der Waals surface area contributed by atoms with E-state index < -0.39 is 0 Å². The number of hydrogen-bond acceptors (Lipinski definition) is 6. The molecular weight excluding hydrogens is 238 g/mol. The van der Waals surface area contributed by atoms with E-state index in [2.05, 4.69) is 17.1 Å². The van der Waals surface area contributed by atoms with E-state index in [9.17, 15) is 0 Å². The van der Waals surface area contributed by atoms with Gasteiger partial charge in [0.1, 0.15) is 0 Å². The predicted molar refractivity (Wildman–Crippen MR) is 66.8 cm³/mol. The number of rotatable bonds is 6. The van der Waals surface area contributed by atoms with Gasteiger partial charge in [0.2, 0.25) is 5.89 Å². The average Bonchev–Trinajstić information content (AvgIpc) is 3.00. The average molecular weight is 257 g/mol. The highest BCUT2D eigenvalue weighted by atomic mass is 32.2. The first kappa shape index (κ1) is 12.9. The number of hydrogen-bond donors (Lipinski definition) is 1. The Morgan fingerprint density at radius 3 is 3.24 bits per heavy atom. The molecule has 0 saturated carbocycles. The minimum absolute atomic E-state index is 0.287. The summed E-state index contributed by atoms with van der Waals surface area (Å²) < 4.78 is 10.6. The second kappa shape index (κ2) is 6.37. The molecule has 1 fully saturated rings. The maximum Gasteiger partial charge on any atom is 0.239 e. The molecule has 2 unspecified atom stereocenters. The Hall–Kier alpha value is -0.590. The molecule has 96 valence electrons. The van der Waals surface area contributed by atoms with Gasteiger partial charge in [-0.3, -0.25) is 0 Å². The lowest BCUT2D eigenvalue weighted by atomic mass is 10.2. The quantitative estimate of drug-likeness (QED) is 0.786. The van der Waals surface area contributed by atoms with E-state index >= 15 is 0 Å². The summed E-state index contributed by atoms with van der Waals surface area (Å²) in [6, 6.07) is -0.287. The molecule has 6 heteroatoms. The van der Waals surface area contributed by atoms with Crippen LogP contribution in [-0.2, 0) is 4.74 Å². The van der Waals surface area contributed by atoms with Crippen LogP contribution in [0.15, 0.2) is 4.52 Å². The summed E-state index contributed by atoms with van der Waals surface area (Å²) in [5, 5.41) is 4.30. The minimum atomic E-state index is -0.287. The zero-order chi connectivity index (χ0) is 12.1. The molecule has 0 aromatic carbocycles. The van der Waals surface area contributed by atoms with Gasteiger partial charge in [0.15, 0.2) is 5.82 Å².